The van der Waals surface area contributed by atoms with Crippen molar-refractivity contribution in [3.63, 3.8) is 0 Å². The summed E-state index contributed by atoms with van der Waals surface area (Å²) in [6.45, 7) is 7.78. The van der Waals surface area contributed by atoms with E-state index in [1.54, 1.807) is 12.0 Å². The van der Waals surface area contributed by atoms with Crippen LogP contribution in [0.3, 0.4) is 0 Å². The Labute approximate surface area is 155 Å². The fourth-order valence-corrected chi connectivity index (χ4v) is 3.36. The van der Waals surface area contributed by atoms with Crippen LogP contribution in [0.1, 0.15) is 38.7 Å². The van der Waals surface area contributed by atoms with E-state index in [1.807, 2.05) is 49.9 Å². The van der Waals surface area contributed by atoms with Crippen molar-refractivity contribution in [2.24, 2.45) is 5.92 Å². The van der Waals surface area contributed by atoms with Crippen LogP contribution in [0.5, 0.6) is 5.75 Å². The average molecular weight is 360 g/mol. The van der Waals surface area contributed by atoms with Gasteiger partial charge in [0, 0.05) is 32.1 Å². The molecule has 142 valence electrons. The third-order valence-corrected chi connectivity index (χ3v) is 4.89. The quantitative estimate of drug-likeness (QED) is 0.832. The molecule has 0 bridgehead atoms. The Morgan fingerprint density at radius 3 is 2.12 bits per heavy atom. The molecule has 0 N–H and O–H groups in total. The number of piperazine rings is 1. The van der Waals surface area contributed by atoms with Gasteiger partial charge in [0.1, 0.15) is 11.4 Å². The molecule has 2 unspecified atom stereocenters. The van der Waals surface area contributed by atoms with Gasteiger partial charge in [-0.25, -0.2) is 4.79 Å². The number of hydrogen-bond acceptors (Lipinski definition) is 4. The van der Waals surface area contributed by atoms with E-state index in [0.29, 0.717) is 32.1 Å². The minimum absolute atomic E-state index is 0.0662. The molecule has 3 rings (SSSR count). The normalized spacial score (nSPS) is 22.8. The monoisotopic (exact) mass is 360 g/mol. The maximum absolute atomic E-state index is 12.7. The average Bonchev–Trinajstić information content (AvgIpc) is 3.40. The van der Waals surface area contributed by atoms with Gasteiger partial charge in [-0.05, 0) is 50.8 Å². The first-order valence-electron chi connectivity index (χ1n) is 9.19. The summed E-state index contributed by atoms with van der Waals surface area (Å²) in [5, 5.41) is 0. The second-order valence-corrected chi connectivity index (χ2v) is 8.01. The van der Waals surface area contributed by atoms with Gasteiger partial charge in [0.25, 0.3) is 0 Å². The Bertz CT molecular complexity index is 657. The minimum atomic E-state index is -0.496. The molecule has 1 heterocycles. The highest BCUT2D eigenvalue weighted by Gasteiger charge is 2.46. The van der Waals surface area contributed by atoms with Gasteiger partial charge in [-0.3, -0.25) is 4.79 Å². The van der Waals surface area contributed by atoms with E-state index in [9.17, 15) is 9.59 Å². The van der Waals surface area contributed by atoms with Gasteiger partial charge >= 0.3 is 6.09 Å². The van der Waals surface area contributed by atoms with Gasteiger partial charge in [-0.2, -0.15) is 0 Å². The number of carbonyl (C=O) groups excluding carboxylic acids is 2. The number of methoxy groups -OCH3 is 1. The number of amides is 2. The lowest BCUT2D eigenvalue weighted by Crippen LogP contribution is -2.52. The second-order valence-electron chi connectivity index (χ2n) is 8.01. The first-order valence-corrected chi connectivity index (χ1v) is 9.19. The Kier molecular flexibility index (Phi) is 5.12. The van der Waals surface area contributed by atoms with Crippen molar-refractivity contribution in [3.8, 4) is 5.75 Å². The number of nitrogens with zero attached hydrogens (tertiary/aromatic N) is 2. The van der Waals surface area contributed by atoms with E-state index in [-0.39, 0.29) is 17.9 Å². The number of rotatable bonds is 3. The smallest absolute Gasteiger partial charge is 0.410 e. The molecule has 2 fully saturated rings. The largest absolute Gasteiger partial charge is 0.497 e. The zero-order chi connectivity index (χ0) is 18.9. The van der Waals surface area contributed by atoms with Crippen LogP contribution < -0.4 is 4.74 Å². The lowest BCUT2D eigenvalue weighted by molar-refractivity contribution is -0.134. The third kappa shape index (κ3) is 4.29. The SMILES string of the molecule is COc1ccc(C2CC2C(=O)N2CCN(C(=O)OC(C)(C)C)CC2)cc1. The summed E-state index contributed by atoms with van der Waals surface area (Å²) in [4.78, 5) is 28.4. The van der Waals surface area contributed by atoms with Crippen molar-refractivity contribution >= 4 is 12.0 Å². The molecule has 26 heavy (non-hydrogen) atoms. The highest BCUT2D eigenvalue weighted by Crippen LogP contribution is 2.48. The van der Waals surface area contributed by atoms with E-state index >= 15 is 0 Å². The number of carbonyl (C=O) groups is 2. The van der Waals surface area contributed by atoms with Crippen molar-refractivity contribution in [3.05, 3.63) is 29.8 Å². The number of hydrogen-bond donors (Lipinski definition) is 0. The molecule has 1 aliphatic heterocycles. The topological polar surface area (TPSA) is 59.1 Å². The molecule has 0 radical (unpaired) electrons. The van der Waals surface area contributed by atoms with Gasteiger partial charge in [0.2, 0.25) is 5.91 Å². The van der Waals surface area contributed by atoms with Gasteiger partial charge in [0.05, 0.1) is 7.11 Å². The molecule has 2 amide bonds. The fraction of sp³-hybridized carbons (Fsp3) is 0.600. The molecule has 1 aliphatic carbocycles. The number of benzene rings is 1. The number of ether oxygens (including phenoxy) is 2. The highest BCUT2D eigenvalue weighted by molar-refractivity contribution is 5.83. The van der Waals surface area contributed by atoms with E-state index in [1.165, 1.54) is 5.56 Å². The predicted molar refractivity (Wildman–Crippen MR) is 98.2 cm³/mol. The molecule has 6 nitrogen and oxygen atoms in total. The molecular formula is C20H28N2O4. The molecule has 6 heteroatoms. The van der Waals surface area contributed by atoms with Crippen LogP contribution in [-0.2, 0) is 9.53 Å². The molecule has 2 atom stereocenters. The van der Waals surface area contributed by atoms with Crippen LogP contribution >= 0.6 is 0 Å². The maximum atomic E-state index is 12.7. The minimum Gasteiger partial charge on any atom is -0.497 e. The van der Waals surface area contributed by atoms with Crippen LogP contribution in [0.25, 0.3) is 0 Å². The van der Waals surface area contributed by atoms with Crippen LogP contribution in [0.2, 0.25) is 0 Å². The molecule has 2 aliphatic rings. The van der Waals surface area contributed by atoms with Gasteiger partial charge in [-0.1, -0.05) is 12.1 Å². The zero-order valence-corrected chi connectivity index (χ0v) is 16.0. The van der Waals surface area contributed by atoms with E-state index in [0.717, 1.165) is 12.2 Å². The Hall–Kier alpha value is -2.24. The van der Waals surface area contributed by atoms with E-state index in [4.69, 9.17) is 9.47 Å². The lowest BCUT2D eigenvalue weighted by atomic mass is 10.1. The van der Waals surface area contributed by atoms with E-state index < -0.39 is 5.60 Å². The van der Waals surface area contributed by atoms with Gasteiger partial charge in [0.15, 0.2) is 0 Å². The van der Waals surface area contributed by atoms with Crippen LogP contribution in [0, 0.1) is 5.92 Å². The third-order valence-electron chi connectivity index (χ3n) is 4.89. The zero-order valence-electron chi connectivity index (χ0n) is 16.0. The molecule has 1 saturated heterocycles. The lowest BCUT2D eigenvalue weighted by Gasteiger charge is -2.35. The molecule has 0 spiro atoms. The summed E-state index contributed by atoms with van der Waals surface area (Å²) in [6, 6.07) is 7.96. The summed E-state index contributed by atoms with van der Waals surface area (Å²) in [6.07, 6.45) is 0.601. The van der Waals surface area contributed by atoms with Crippen LogP contribution in [0.4, 0.5) is 4.79 Å². The highest BCUT2D eigenvalue weighted by atomic mass is 16.6. The standard InChI is InChI=1S/C20H28N2O4/c1-20(2,3)26-19(24)22-11-9-21(10-12-22)18(23)17-13-16(17)14-5-7-15(25-4)8-6-14/h5-8,16-17H,9-13H2,1-4H3. The van der Waals surface area contributed by atoms with Crippen molar-refractivity contribution in [2.45, 2.75) is 38.7 Å². The molecule has 1 aromatic rings. The van der Waals surface area contributed by atoms with Crippen molar-refractivity contribution in [1.82, 2.24) is 9.80 Å². The molecule has 1 aromatic carbocycles. The van der Waals surface area contributed by atoms with Crippen LogP contribution in [-0.4, -0.2) is 60.7 Å². The summed E-state index contributed by atoms with van der Waals surface area (Å²) in [5.74, 6) is 1.40. The van der Waals surface area contributed by atoms with Crippen molar-refractivity contribution in [2.75, 3.05) is 33.3 Å². The summed E-state index contributed by atoms with van der Waals surface area (Å²) in [7, 11) is 1.65. The first kappa shape index (κ1) is 18.5. The first-order chi connectivity index (χ1) is 12.3. The fourth-order valence-electron chi connectivity index (χ4n) is 3.36. The molecule has 0 aromatic heterocycles. The predicted octanol–water partition coefficient (Wildman–Crippen LogP) is 2.88. The van der Waals surface area contributed by atoms with Crippen molar-refractivity contribution < 1.29 is 19.1 Å². The Balaban J connectivity index is 1.49. The second kappa shape index (κ2) is 7.17. The van der Waals surface area contributed by atoms with Gasteiger partial charge in [-0.15, -0.1) is 0 Å². The Morgan fingerprint density at radius 1 is 1.00 bits per heavy atom. The van der Waals surface area contributed by atoms with E-state index in [2.05, 4.69) is 0 Å². The summed E-state index contributed by atoms with van der Waals surface area (Å²) in [5.41, 5.74) is 0.695. The summed E-state index contributed by atoms with van der Waals surface area (Å²) < 4.78 is 10.6. The van der Waals surface area contributed by atoms with Crippen molar-refractivity contribution in [1.29, 1.82) is 0 Å². The summed E-state index contributed by atoms with van der Waals surface area (Å²) >= 11 is 0. The molecular weight excluding hydrogens is 332 g/mol. The maximum Gasteiger partial charge on any atom is 0.410 e. The van der Waals surface area contributed by atoms with Crippen LogP contribution in [0.15, 0.2) is 24.3 Å². The van der Waals surface area contributed by atoms with Gasteiger partial charge < -0.3 is 19.3 Å². The Morgan fingerprint density at radius 2 is 1.58 bits per heavy atom. The molecule has 1 saturated carbocycles.